The summed E-state index contributed by atoms with van der Waals surface area (Å²) in [5.41, 5.74) is 0. The van der Waals surface area contributed by atoms with E-state index in [0.29, 0.717) is 12.5 Å². The Morgan fingerprint density at radius 2 is 2.36 bits per heavy atom. The van der Waals surface area contributed by atoms with E-state index in [2.05, 4.69) is 10.3 Å². The molecule has 0 aromatic carbocycles. The third kappa shape index (κ3) is 3.17. The molecule has 0 bridgehead atoms. The van der Waals surface area contributed by atoms with E-state index in [4.69, 9.17) is 9.47 Å². The molecule has 0 spiro atoms. The zero-order chi connectivity index (χ0) is 15.5. The Kier molecular flexibility index (Phi) is 4.78. The fourth-order valence-electron chi connectivity index (χ4n) is 3.31. The number of nitrogens with one attached hydrogen (secondary N) is 1. The molecular formula is C16H25N3O3. The van der Waals surface area contributed by atoms with Crippen LogP contribution in [0, 0.1) is 11.8 Å². The molecule has 22 heavy (non-hydrogen) atoms. The van der Waals surface area contributed by atoms with Crippen molar-refractivity contribution in [3.05, 3.63) is 18.2 Å². The lowest BCUT2D eigenvalue weighted by Crippen LogP contribution is -2.43. The van der Waals surface area contributed by atoms with Crippen molar-refractivity contribution in [3.63, 3.8) is 0 Å². The first kappa shape index (κ1) is 15.5. The number of nitrogens with zero attached hydrogens (tertiary/aromatic N) is 2. The van der Waals surface area contributed by atoms with Gasteiger partial charge in [-0.1, -0.05) is 0 Å². The van der Waals surface area contributed by atoms with Crippen molar-refractivity contribution in [1.82, 2.24) is 14.9 Å². The summed E-state index contributed by atoms with van der Waals surface area (Å²) in [6, 6.07) is 0. The van der Waals surface area contributed by atoms with Crippen molar-refractivity contribution in [2.45, 2.75) is 38.4 Å². The molecule has 0 unspecified atom stereocenters. The summed E-state index contributed by atoms with van der Waals surface area (Å²) < 4.78 is 13.3. The second kappa shape index (κ2) is 6.79. The second-order valence-corrected chi connectivity index (χ2v) is 6.23. The van der Waals surface area contributed by atoms with E-state index >= 15 is 0 Å². The van der Waals surface area contributed by atoms with Crippen LogP contribution in [0.1, 0.15) is 38.1 Å². The molecule has 1 aromatic heterocycles. The van der Waals surface area contributed by atoms with Crippen LogP contribution in [-0.2, 0) is 21.3 Å². The molecule has 2 atom stereocenters. The van der Waals surface area contributed by atoms with Crippen LogP contribution in [0.15, 0.2) is 12.4 Å². The van der Waals surface area contributed by atoms with E-state index in [0.717, 1.165) is 38.3 Å². The van der Waals surface area contributed by atoms with Crippen LogP contribution in [0.3, 0.4) is 0 Å². The molecule has 2 aliphatic rings. The predicted octanol–water partition coefficient (Wildman–Crippen LogP) is 1.43. The number of imidazole rings is 1. The normalized spacial score (nSPS) is 31.0. The molecule has 1 aliphatic carbocycles. The van der Waals surface area contributed by atoms with Crippen molar-refractivity contribution < 1.29 is 14.3 Å². The third-order valence-electron chi connectivity index (χ3n) is 4.73. The molecule has 1 N–H and O–H groups in total. The number of hydrogen-bond acceptors (Lipinski definition) is 4. The number of amides is 1. The average Bonchev–Trinajstić information content (AvgIpc) is 3.07. The molecule has 2 heterocycles. The third-order valence-corrected chi connectivity index (χ3v) is 4.73. The lowest BCUT2D eigenvalue weighted by molar-refractivity contribution is -0.133. The molecule has 6 nitrogen and oxygen atoms in total. The molecule has 1 amide bonds. The Morgan fingerprint density at radius 1 is 1.55 bits per heavy atom. The quantitative estimate of drug-likeness (QED) is 0.863. The van der Waals surface area contributed by atoms with Gasteiger partial charge >= 0.3 is 0 Å². The van der Waals surface area contributed by atoms with Crippen LogP contribution in [0.2, 0.25) is 0 Å². The Hall–Kier alpha value is -1.40. The lowest BCUT2D eigenvalue weighted by atomic mass is 9.81. The minimum Gasteiger partial charge on any atom is -0.378 e. The molecular weight excluding hydrogens is 282 g/mol. The number of rotatable bonds is 6. The van der Waals surface area contributed by atoms with E-state index in [-0.39, 0.29) is 24.0 Å². The molecule has 1 saturated carbocycles. The summed E-state index contributed by atoms with van der Waals surface area (Å²) in [5.74, 6) is 1.51. The maximum absolute atomic E-state index is 12.2. The van der Waals surface area contributed by atoms with Crippen LogP contribution < -0.4 is 5.32 Å². The molecule has 3 rings (SSSR count). The van der Waals surface area contributed by atoms with Crippen molar-refractivity contribution in [2.24, 2.45) is 18.9 Å². The summed E-state index contributed by atoms with van der Waals surface area (Å²) in [6.07, 6.45) is 6.63. The molecule has 1 saturated heterocycles. The largest absolute Gasteiger partial charge is 0.378 e. The van der Waals surface area contributed by atoms with E-state index < -0.39 is 0 Å². The van der Waals surface area contributed by atoms with E-state index in [1.165, 1.54) is 0 Å². The average molecular weight is 307 g/mol. The van der Waals surface area contributed by atoms with Crippen LogP contribution >= 0.6 is 0 Å². The van der Waals surface area contributed by atoms with Crippen LogP contribution in [0.4, 0.5) is 0 Å². The van der Waals surface area contributed by atoms with Crippen molar-refractivity contribution in [3.8, 4) is 0 Å². The fraction of sp³-hybridized carbons (Fsp3) is 0.750. The zero-order valence-corrected chi connectivity index (χ0v) is 13.3. The first-order valence-electron chi connectivity index (χ1n) is 8.17. The fourth-order valence-corrected chi connectivity index (χ4v) is 3.31. The Labute approximate surface area is 131 Å². The van der Waals surface area contributed by atoms with Gasteiger partial charge in [0.25, 0.3) is 0 Å². The van der Waals surface area contributed by atoms with Gasteiger partial charge in [0.05, 0.1) is 6.10 Å². The first-order valence-corrected chi connectivity index (χ1v) is 8.17. The molecule has 1 aromatic rings. The van der Waals surface area contributed by atoms with Gasteiger partial charge in [0.15, 0.2) is 0 Å². The van der Waals surface area contributed by atoms with Gasteiger partial charge < -0.3 is 19.4 Å². The highest BCUT2D eigenvalue weighted by atomic mass is 16.5. The summed E-state index contributed by atoms with van der Waals surface area (Å²) in [7, 11) is 1.97. The van der Waals surface area contributed by atoms with Crippen molar-refractivity contribution >= 4 is 5.91 Å². The highest BCUT2D eigenvalue weighted by molar-refractivity contribution is 5.79. The van der Waals surface area contributed by atoms with Gasteiger partial charge in [0.1, 0.15) is 11.9 Å². The van der Waals surface area contributed by atoms with E-state index in [1.54, 1.807) is 6.20 Å². The minimum atomic E-state index is -0.0159. The lowest BCUT2D eigenvalue weighted by Gasteiger charge is -2.34. The van der Waals surface area contributed by atoms with E-state index in [9.17, 15) is 4.79 Å². The number of aromatic nitrogens is 2. The SMILES string of the molecule is CCOC1CC(C(=O)NC[C@@H]2CCO[C@H]2c2nccn2C)C1. The Bertz CT molecular complexity index is 510. The highest BCUT2D eigenvalue weighted by Gasteiger charge is 2.37. The van der Waals surface area contributed by atoms with Crippen LogP contribution in [0.5, 0.6) is 0 Å². The molecule has 6 heteroatoms. The van der Waals surface area contributed by atoms with Crippen molar-refractivity contribution in [2.75, 3.05) is 19.8 Å². The van der Waals surface area contributed by atoms with Gasteiger partial charge in [0.2, 0.25) is 5.91 Å². The number of aryl methyl sites for hydroxylation is 1. The van der Waals surface area contributed by atoms with Gasteiger partial charge in [-0.15, -0.1) is 0 Å². The van der Waals surface area contributed by atoms with Gasteiger partial charge in [0, 0.05) is 51.0 Å². The van der Waals surface area contributed by atoms with Crippen LogP contribution in [-0.4, -0.2) is 41.3 Å². The number of ether oxygens (including phenoxy) is 2. The molecule has 122 valence electrons. The minimum absolute atomic E-state index is 0.0159. The molecule has 0 radical (unpaired) electrons. The summed E-state index contributed by atoms with van der Waals surface area (Å²) in [5, 5.41) is 3.09. The van der Waals surface area contributed by atoms with Crippen LogP contribution in [0.25, 0.3) is 0 Å². The van der Waals surface area contributed by atoms with Gasteiger partial charge in [-0.25, -0.2) is 4.98 Å². The van der Waals surface area contributed by atoms with E-state index in [1.807, 2.05) is 24.7 Å². The maximum Gasteiger partial charge on any atom is 0.223 e. The number of carbonyl (C=O) groups is 1. The predicted molar refractivity (Wildman–Crippen MR) is 81.2 cm³/mol. The zero-order valence-electron chi connectivity index (χ0n) is 13.3. The summed E-state index contributed by atoms with van der Waals surface area (Å²) in [6.45, 7) is 4.11. The number of carbonyl (C=O) groups excluding carboxylic acids is 1. The monoisotopic (exact) mass is 307 g/mol. The first-order chi connectivity index (χ1) is 10.7. The summed E-state index contributed by atoms with van der Waals surface area (Å²) in [4.78, 5) is 16.5. The molecule has 2 fully saturated rings. The Balaban J connectivity index is 1.47. The highest BCUT2D eigenvalue weighted by Crippen LogP contribution is 2.34. The van der Waals surface area contributed by atoms with Crippen molar-refractivity contribution in [1.29, 1.82) is 0 Å². The standard InChI is InChI=1S/C16H25N3O3/c1-3-21-13-8-12(9-13)16(20)18-10-11-4-7-22-14(11)15-17-5-6-19(15)2/h5-6,11-14H,3-4,7-10H2,1-2H3,(H,18,20)/t11-,12?,13?,14+/m0/s1. The molecule has 1 aliphatic heterocycles. The van der Waals surface area contributed by atoms with Gasteiger partial charge in [-0.05, 0) is 26.2 Å². The topological polar surface area (TPSA) is 65.4 Å². The smallest absolute Gasteiger partial charge is 0.223 e. The second-order valence-electron chi connectivity index (χ2n) is 6.23. The van der Waals surface area contributed by atoms with Gasteiger partial charge in [-0.2, -0.15) is 0 Å². The number of hydrogen-bond donors (Lipinski definition) is 1. The van der Waals surface area contributed by atoms with Gasteiger partial charge in [-0.3, -0.25) is 4.79 Å². The summed E-state index contributed by atoms with van der Waals surface area (Å²) >= 11 is 0. The maximum atomic E-state index is 12.2. The Morgan fingerprint density at radius 3 is 3.05 bits per heavy atom.